The van der Waals surface area contributed by atoms with Crippen molar-refractivity contribution < 1.29 is 9.90 Å². The van der Waals surface area contributed by atoms with Crippen LogP contribution in [0.1, 0.15) is 10.4 Å². The monoisotopic (exact) mass is 232 g/mol. The Labute approximate surface area is 98.1 Å². The Bertz CT molecular complexity index is 535. The van der Waals surface area contributed by atoms with Gasteiger partial charge in [-0.3, -0.25) is 0 Å². The molecule has 80 valence electrons. The zero-order chi connectivity index (χ0) is 11.5. The molecule has 0 saturated heterocycles. The van der Waals surface area contributed by atoms with Gasteiger partial charge in [0, 0.05) is 10.6 Å². The molecule has 0 amide bonds. The molecular formula is C13H9ClO2. The van der Waals surface area contributed by atoms with Crippen LogP contribution in [0.15, 0.2) is 48.5 Å². The molecule has 1 N–H and O–H groups in total. The summed E-state index contributed by atoms with van der Waals surface area (Å²) in [6, 6.07) is 14.0. The molecule has 2 nitrogen and oxygen atoms in total. The van der Waals surface area contributed by atoms with Crippen molar-refractivity contribution >= 4 is 17.6 Å². The fourth-order valence-corrected chi connectivity index (χ4v) is 1.82. The Morgan fingerprint density at radius 2 is 1.50 bits per heavy atom. The number of aromatic carboxylic acids is 1. The van der Waals surface area contributed by atoms with Crippen LogP contribution in [0.5, 0.6) is 0 Å². The van der Waals surface area contributed by atoms with Crippen molar-refractivity contribution in [1.29, 1.82) is 0 Å². The summed E-state index contributed by atoms with van der Waals surface area (Å²) in [5.74, 6) is -0.949. The molecule has 16 heavy (non-hydrogen) atoms. The Balaban J connectivity index is 2.65. The van der Waals surface area contributed by atoms with E-state index in [4.69, 9.17) is 16.7 Å². The van der Waals surface area contributed by atoms with Gasteiger partial charge in [-0.2, -0.15) is 0 Å². The third-order valence-corrected chi connectivity index (χ3v) is 2.65. The van der Waals surface area contributed by atoms with E-state index in [1.807, 2.05) is 18.2 Å². The predicted molar refractivity (Wildman–Crippen MR) is 63.8 cm³/mol. The van der Waals surface area contributed by atoms with Gasteiger partial charge in [-0.25, -0.2) is 4.79 Å². The molecule has 0 aromatic heterocycles. The highest BCUT2D eigenvalue weighted by Crippen LogP contribution is 2.30. The zero-order valence-electron chi connectivity index (χ0n) is 8.35. The lowest BCUT2D eigenvalue weighted by atomic mass is 10.00. The van der Waals surface area contributed by atoms with Crippen LogP contribution in [-0.2, 0) is 0 Å². The van der Waals surface area contributed by atoms with E-state index in [-0.39, 0.29) is 5.56 Å². The van der Waals surface area contributed by atoms with Crippen LogP contribution in [0.2, 0.25) is 5.02 Å². The normalized spacial score (nSPS) is 10.1. The van der Waals surface area contributed by atoms with Crippen molar-refractivity contribution in [3.63, 3.8) is 0 Å². The van der Waals surface area contributed by atoms with Crippen LogP contribution in [-0.4, -0.2) is 11.1 Å². The Morgan fingerprint density at radius 3 is 2.12 bits per heavy atom. The van der Waals surface area contributed by atoms with Crippen molar-refractivity contribution in [3.8, 4) is 11.1 Å². The minimum absolute atomic E-state index is 0.260. The molecule has 2 rings (SSSR count). The van der Waals surface area contributed by atoms with Crippen LogP contribution >= 0.6 is 11.6 Å². The standard InChI is InChI=1S/C13H9ClO2/c14-12-8-4-3-6-10(12)9-5-1-2-7-11(9)13(15)16/h1-8H,(H,15,16). The smallest absolute Gasteiger partial charge is 0.336 e. The van der Waals surface area contributed by atoms with E-state index in [1.165, 1.54) is 0 Å². The van der Waals surface area contributed by atoms with Gasteiger partial charge in [0.2, 0.25) is 0 Å². The Morgan fingerprint density at radius 1 is 0.938 bits per heavy atom. The van der Waals surface area contributed by atoms with Gasteiger partial charge in [0.15, 0.2) is 0 Å². The van der Waals surface area contributed by atoms with Crippen molar-refractivity contribution in [2.24, 2.45) is 0 Å². The highest BCUT2D eigenvalue weighted by atomic mass is 35.5. The fourth-order valence-electron chi connectivity index (χ4n) is 1.58. The zero-order valence-corrected chi connectivity index (χ0v) is 9.11. The topological polar surface area (TPSA) is 37.3 Å². The number of halogens is 1. The second-order valence-electron chi connectivity index (χ2n) is 3.33. The molecule has 0 unspecified atom stereocenters. The summed E-state index contributed by atoms with van der Waals surface area (Å²) in [5, 5.41) is 9.63. The molecule has 0 saturated carbocycles. The molecular weight excluding hydrogens is 224 g/mol. The van der Waals surface area contributed by atoms with Gasteiger partial charge in [0.1, 0.15) is 0 Å². The maximum atomic E-state index is 11.1. The fraction of sp³-hybridized carbons (Fsp3) is 0. The molecule has 0 heterocycles. The van der Waals surface area contributed by atoms with E-state index >= 15 is 0 Å². The molecule has 0 fully saturated rings. The summed E-state index contributed by atoms with van der Waals surface area (Å²) in [4.78, 5) is 11.1. The number of carbonyl (C=O) groups is 1. The second-order valence-corrected chi connectivity index (χ2v) is 3.74. The number of hydrogen-bond donors (Lipinski definition) is 1. The summed E-state index contributed by atoms with van der Waals surface area (Å²) in [5.41, 5.74) is 1.64. The Hall–Kier alpha value is -1.80. The average Bonchev–Trinajstić information content (AvgIpc) is 2.29. The highest BCUT2D eigenvalue weighted by molar-refractivity contribution is 6.33. The number of hydrogen-bond acceptors (Lipinski definition) is 1. The lowest BCUT2D eigenvalue weighted by Gasteiger charge is -2.07. The van der Waals surface area contributed by atoms with Crippen molar-refractivity contribution in [2.75, 3.05) is 0 Å². The molecule has 0 bridgehead atoms. The summed E-state index contributed by atoms with van der Waals surface area (Å²) in [6.07, 6.45) is 0. The van der Waals surface area contributed by atoms with E-state index in [1.54, 1.807) is 30.3 Å². The molecule has 0 atom stereocenters. The SMILES string of the molecule is O=C(O)c1ccccc1-c1ccccc1Cl. The van der Waals surface area contributed by atoms with Crippen LogP contribution < -0.4 is 0 Å². The van der Waals surface area contributed by atoms with Gasteiger partial charge < -0.3 is 5.11 Å². The third-order valence-electron chi connectivity index (χ3n) is 2.32. The van der Waals surface area contributed by atoms with Crippen molar-refractivity contribution in [1.82, 2.24) is 0 Å². The van der Waals surface area contributed by atoms with Crippen LogP contribution in [0.3, 0.4) is 0 Å². The highest BCUT2D eigenvalue weighted by Gasteiger charge is 2.12. The molecule has 0 aliphatic heterocycles. The predicted octanol–water partition coefficient (Wildman–Crippen LogP) is 3.71. The van der Waals surface area contributed by atoms with Gasteiger partial charge in [-0.05, 0) is 17.7 Å². The van der Waals surface area contributed by atoms with E-state index < -0.39 is 5.97 Å². The van der Waals surface area contributed by atoms with E-state index in [0.29, 0.717) is 10.6 Å². The summed E-state index contributed by atoms with van der Waals surface area (Å²) >= 11 is 6.04. The molecule has 0 aliphatic rings. The maximum absolute atomic E-state index is 11.1. The molecule has 2 aromatic carbocycles. The first kappa shape index (κ1) is 10.7. The first-order valence-electron chi connectivity index (χ1n) is 4.77. The van der Waals surface area contributed by atoms with Gasteiger partial charge >= 0.3 is 5.97 Å². The number of carboxylic acids is 1. The molecule has 0 spiro atoms. The third kappa shape index (κ3) is 1.92. The van der Waals surface area contributed by atoms with Gasteiger partial charge in [-0.1, -0.05) is 48.0 Å². The quantitative estimate of drug-likeness (QED) is 0.857. The largest absolute Gasteiger partial charge is 0.478 e. The minimum Gasteiger partial charge on any atom is -0.478 e. The lowest BCUT2D eigenvalue weighted by molar-refractivity contribution is 0.0698. The summed E-state index contributed by atoms with van der Waals surface area (Å²) < 4.78 is 0. The molecule has 2 aromatic rings. The minimum atomic E-state index is -0.949. The van der Waals surface area contributed by atoms with Gasteiger partial charge in [-0.15, -0.1) is 0 Å². The van der Waals surface area contributed by atoms with E-state index in [2.05, 4.69) is 0 Å². The van der Waals surface area contributed by atoms with Crippen LogP contribution in [0, 0.1) is 0 Å². The Kier molecular flexibility index (Phi) is 2.93. The summed E-state index contributed by atoms with van der Waals surface area (Å²) in [7, 11) is 0. The molecule has 0 radical (unpaired) electrons. The average molecular weight is 233 g/mol. The van der Waals surface area contributed by atoms with Crippen molar-refractivity contribution in [3.05, 3.63) is 59.1 Å². The number of rotatable bonds is 2. The van der Waals surface area contributed by atoms with Gasteiger partial charge in [0.05, 0.1) is 5.56 Å². The van der Waals surface area contributed by atoms with Crippen molar-refractivity contribution in [2.45, 2.75) is 0 Å². The van der Waals surface area contributed by atoms with E-state index in [9.17, 15) is 4.79 Å². The van der Waals surface area contributed by atoms with E-state index in [0.717, 1.165) is 5.56 Å². The first-order chi connectivity index (χ1) is 7.70. The number of benzene rings is 2. The summed E-state index contributed by atoms with van der Waals surface area (Å²) in [6.45, 7) is 0. The maximum Gasteiger partial charge on any atom is 0.336 e. The molecule has 0 aliphatic carbocycles. The van der Waals surface area contributed by atoms with Crippen LogP contribution in [0.4, 0.5) is 0 Å². The van der Waals surface area contributed by atoms with Gasteiger partial charge in [0.25, 0.3) is 0 Å². The van der Waals surface area contributed by atoms with Crippen LogP contribution in [0.25, 0.3) is 11.1 Å². The molecule has 3 heteroatoms. The lowest BCUT2D eigenvalue weighted by Crippen LogP contribution is -1.99. The number of carboxylic acid groups (broad SMARTS) is 1. The first-order valence-corrected chi connectivity index (χ1v) is 5.15. The second kappa shape index (κ2) is 4.37.